The summed E-state index contributed by atoms with van der Waals surface area (Å²) in [5.74, 6) is 1.47. The summed E-state index contributed by atoms with van der Waals surface area (Å²) < 4.78 is 13.3. The van der Waals surface area contributed by atoms with Crippen LogP contribution in [0.15, 0.2) is 41.3 Å². The first-order chi connectivity index (χ1) is 13.0. The second kappa shape index (κ2) is 8.12. The highest BCUT2D eigenvalue weighted by molar-refractivity contribution is 5.97. The van der Waals surface area contributed by atoms with Crippen LogP contribution in [0.1, 0.15) is 30.2 Å². The molecule has 3 rings (SSSR count). The summed E-state index contributed by atoms with van der Waals surface area (Å²) in [6.45, 7) is 7.32. The van der Waals surface area contributed by atoms with Crippen molar-refractivity contribution in [1.82, 2.24) is 14.9 Å². The molecule has 0 fully saturated rings. The number of rotatable bonds is 7. The molecule has 6 nitrogen and oxygen atoms in total. The monoisotopic (exact) mass is 367 g/mol. The molecule has 142 valence electrons. The van der Waals surface area contributed by atoms with E-state index in [-0.39, 0.29) is 5.91 Å². The van der Waals surface area contributed by atoms with E-state index >= 15 is 0 Å². The summed E-state index contributed by atoms with van der Waals surface area (Å²) in [6.07, 6.45) is 7.89. The maximum Gasteiger partial charge on any atom is 0.244 e. The van der Waals surface area contributed by atoms with E-state index in [1.807, 2.05) is 43.7 Å². The SMILES string of the molecule is COc1cc2oc(C)c(C)c2cc1/C(C)=C/C(=O)NCCCn1ccnc1. The molecule has 1 N–H and O–H groups in total. The number of allylic oxidation sites excluding steroid dienone is 1. The number of hydrogen-bond donors (Lipinski definition) is 1. The number of hydrogen-bond acceptors (Lipinski definition) is 4. The Morgan fingerprint density at radius 2 is 2.19 bits per heavy atom. The van der Waals surface area contributed by atoms with Crippen molar-refractivity contribution in [3.8, 4) is 5.75 Å². The van der Waals surface area contributed by atoms with E-state index in [2.05, 4.69) is 10.3 Å². The Kier molecular flexibility index (Phi) is 5.64. The Hall–Kier alpha value is -3.02. The Labute approximate surface area is 158 Å². The molecule has 0 aliphatic rings. The van der Waals surface area contributed by atoms with Gasteiger partial charge in [0.2, 0.25) is 5.91 Å². The highest BCUT2D eigenvalue weighted by Crippen LogP contribution is 2.34. The van der Waals surface area contributed by atoms with Gasteiger partial charge >= 0.3 is 0 Å². The van der Waals surface area contributed by atoms with Crippen molar-refractivity contribution in [2.75, 3.05) is 13.7 Å². The molecule has 1 amide bonds. The molecule has 0 atom stereocenters. The van der Waals surface area contributed by atoms with Crippen LogP contribution in [0.2, 0.25) is 0 Å². The van der Waals surface area contributed by atoms with Gasteiger partial charge in [-0.15, -0.1) is 0 Å². The fourth-order valence-corrected chi connectivity index (χ4v) is 3.06. The highest BCUT2D eigenvalue weighted by atomic mass is 16.5. The molecular weight excluding hydrogens is 342 g/mol. The first kappa shape index (κ1) is 18.8. The molecule has 0 saturated carbocycles. The molecule has 3 aromatic rings. The predicted molar refractivity (Wildman–Crippen MR) is 106 cm³/mol. The maximum absolute atomic E-state index is 12.3. The third-order valence-electron chi connectivity index (χ3n) is 4.72. The second-order valence-electron chi connectivity index (χ2n) is 6.60. The molecule has 6 heteroatoms. The van der Waals surface area contributed by atoms with Crippen LogP contribution in [0.25, 0.3) is 16.5 Å². The van der Waals surface area contributed by atoms with Crippen molar-refractivity contribution in [3.05, 3.63) is 53.8 Å². The van der Waals surface area contributed by atoms with Crippen LogP contribution in [0.4, 0.5) is 0 Å². The normalized spacial score (nSPS) is 11.8. The standard InChI is InChI=1S/C21H25N3O3/c1-14(10-21(25)23-6-5-8-24-9-7-22-13-24)17-11-18-15(2)16(3)27-20(18)12-19(17)26-4/h7,9-13H,5-6,8H2,1-4H3,(H,23,25)/b14-10+. The van der Waals surface area contributed by atoms with Gasteiger partial charge in [0.05, 0.1) is 13.4 Å². The van der Waals surface area contributed by atoms with E-state index in [9.17, 15) is 4.79 Å². The molecule has 2 heterocycles. The summed E-state index contributed by atoms with van der Waals surface area (Å²) in [4.78, 5) is 16.3. The second-order valence-corrected chi connectivity index (χ2v) is 6.60. The summed E-state index contributed by atoms with van der Waals surface area (Å²) in [5, 5.41) is 3.97. The fourth-order valence-electron chi connectivity index (χ4n) is 3.06. The third-order valence-corrected chi connectivity index (χ3v) is 4.72. The number of imidazole rings is 1. The number of aryl methyl sites for hydroxylation is 3. The van der Waals surface area contributed by atoms with Crippen LogP contribution >= 0.6 is 0 Å². The number of benzene rings is 1. The quantitative estimate of drug-likeness (QED) is 0.508. The number of fused-ring (bicyclic) bond motifs is 1. The number of amides is 1. The number of carbonyl (C=O) groups is 1. The topological polar surface area (TPSA) is 69.3 Å². The fraction of sp³-hybridized carbons (Fsp3) is 0.333. The van der Waals surface area contributed by atoms with Crippen molar-refractivity contribution >= 4 is 22.4 Å². The van der Waals surface area contributed by atoms with E-state index in [1.165, 1.54) is 0 Å². The Balaban J connectivity index is 1.70. The van der Waals surface area contributed by atoms with Crippen molar-refractivity contribution in [1.29, 1.82) is 0 Å². The number of carbonyl (C=O) groups excluding carboxylic acids is 1. The number of nitrogens with one attached hydrogen (secondary N) is 1. The van der Waals surface area contributed by atoms with E-state index in [0.29, 0.717) is 12.3 Å². The summed E-state index contributed by atoms with van der Waals surface area (Å²) in [7, 11) is 1.62. The lowest BCUT2D eigenvalue weighted by atomic mass is 10.0. The van der Waals surface area contributed by atoms with Gasteiger partial charge in [0.15, 0.2) is 0 Å². The largest absolute Gasteiger partial charge is 0.496 e. The molecule has 0 saturated heterocycles. The zero-order valence-electron chi connectivity index (χ0n) is 16.2. The first-order valence-corrected chi connectivity index (χ1v) is 8.99. The molecule has 2 aromatic heterocycles. The first-order valence-electron chi connectivity index (χ1n) is 8.99. The smallest absolute Gasteiger partial charge is 0.244 e. The van der Waals surface area contributed by atoms with Gasteiger partial charge in [-0.3, -0.25) is 4.79 Å². The van der Waals surface area contributed by atoms with Crippen LogP contribution in [0, 0.1) is 13.8 Å². The minimum absolute atomic E-state index is 0.111. The van der Waals surface area contributed by atoms with Gasteiger partial charge in [0.1, 0.15) is 17.1 Å². The van der Waals surface area contributed by atoms with E-state index in [1.54, 1.807) is 25.7 Å². The van der Waals surface area contributed by atoms with E-state index in [4.69, 9.17) is 9.15 Å². The lowest BCUT2D eigenvalue weighted by Crippen LogP contribution is -2.23. The average molecular weight is 367 g/mol. The molecule has 0 unspecified atom stereocenters. The number of methoxy groups -OCH3 is 1. The van der Waals surface area contributed by atoms with Gasteiger partial charge in [-0.05, 0) is 44.4 Å². The Bertz CT molecular complexity index is 968. The van der Waals surface area contributed by atoms with Crippen LogP contribution in [0.5, 0.6) is 5.75 Å². The van der Waals surface area contributed by atoms with Gasteiger partial charge < -0.3 is 19.0 Å². The zero-order chi connectivity index (χ0) is 19.4. The minimum Gasteiger partial charge on any atom is -0.496 e. The van der Waals surface area contributed by atoms with Crippen molar-refractivity contribution in [3.63, 3.8) is 0 Å². The lowest BCUT2D eigenvalue weighted by molar-refractivity contribution is -0.116. The Morgan fingerprint density at radius 1 is 1.37 bits per heavy atom. The van der Waals surface area contributed by atoms with Gasteiger partial charge in [-0.2, -0.15) is 0 Å². The number of ether oxygens (including phenoxy) is 1. The molecule has 0 aliphatic carbocycles. The average Bonchev–Trinajstić information content (AvgIpc) is 3.26. The third kappa shape index (κ3) is 4.22. The molecule has 0 spiro atoms. The van der Waals surface area contributed by atoms with Gasteiger partial charge in [-0.1, -0.05) is 0 Å². The molecule has 0 radical (unpaired) electrons. The molecular formula is C21H25N3O3. The van der Waals surface area contributed by atoms with Crippen molar-refractivity contribution < 1.29 is 13.9 Å². The molecule has 1 aromatic carbocycles. The minimum atomic E-state index is -0.111. The Morgan fingerprint density at radius 3 is 2.89 bits per heavy atom. The van der Waals surface area contributed by atoms with Crippen molar-refractivity contribution in [2.24, 2.45) is 0 Å². The number of nitrogens with zero attached hydrogens (tertiary/aromatic N) is 2. The van der Waals surface area contributed by atoms with Crippen LogP contribution in [0.3, 0.4) is 0 Å². The van der Waals surface area contributed by atoms with Gasteiger partial charge in [0.25, 0.3) is 0 Å². The lowest BCUT2D eigenvalue weighted by Gasteiger charge is -2.10. The predicted octanol–water partition coefficient (Wildman–Crippen LogP) is 3.86. The zero-order valence-corrected chi connectivity index (χ0v) is 16.2. The summed E-state index contributed by atoms with van der Waals surface area (Å²) in [5.41, 5.74) is 3.63. The summed E-state index contributed by atoms with van der Waals surface area (Å²) >= 11 is 0. The van der Waals surface area contributed by atoms with Gasteiger partial charge in [-0.25, -0.2) is 4.98 Å². The van der Waals surface area contributed by atoms with E-state index < -0.39 is 0 Å². The highest BCUT2D eigenvalue weighted by Gasteiger charge is 2.14. The van der Waals surface area contributed by atoms with E-state index in [0.717, 1.165) is 46.4 Å². The number of aromatic nitrogens is 2. The van der Waals surface area contributed by atoms with Crippen LogP contribution in [-0.4, -0.2) is 29.1 Å². The molecule has 0 bridgehead atoms. The summed E-state index contributed by atoms with van der Waals surface area (Å²) in [6, 6.07) is 3.91. The van der Waals surface area contributed by atoms with Crippen molar-refractivity contribution in [2.45, 2.75) is 33.7 Å². The molecule has 27 heavy (non-hydrogen) atoms. The molecule has 0 aliphatic heterocycles. The number of furan rings is 1. The van der Waals surface area contributed by atoms with Crippen LogP contribution in [-0.2, 0) is 11.3 Å². The van der Waals surface area contributed by atoms with Gasteiger partial charge in [0, 0.05) is 48.6 Å². The maximum atomic E-state index is 12.3. The van der Waals surface area contributed by atoms with Crippen LogP contribution < -0.4 is 10.1 Å².